The molecule has 1 heterocycles. The fraction of sp³-hybridized carbons (Fsp3) is 0.923. The number of aliphatic hydroxyl groups is 1. The molecule has 1 N–H and O–H groups in total. The molecular formula is C13H24O4. The highest BCUT2D eigenvalue weighted by molar-refractivity contribution is 5.73. The van der Waals surface area contributed by atoms with Gasteiger partial charge in [0.25, 0.3) is 0 Å². The average Bonchev–Trinajstić information content (AvgIpc) is 2.29. The van der Waals surface area contributed by atoms with E-state index in [0.29, 0.717) is 25.9 Å². The molecular weight excluding hydrogens is 220 g/mol. The Kier molecular flexibility index (Phi) is 5.40. The van der Waals surface area contributed by atoms with E-state index in [1.54, 1.807) is 0 Å². The number of rotatable bonds is 5. The lowest BCUT2D eigenvalue weighted by atomic mass is 9.77. The lowest BCUT2D eigenvalue weighted by Crippen LogP contribution is -2.49. The molecule has 0 radical (unpaired) electrons. The smallest absolute Gasteiger partial charge is 0.311 e. The van der Waals surface area contributed by atoms with Crippen LogP contribution in [0.15, 0.2) is 0 Å². The topological polar surface area (TPSA) is 55.8 Å². The Morgan fingerprint density at radius 2 is 2.29 bits per heavy atom. The van der Waals surface area contributed by atoms with Crippen LogP contribution in [0.4, 0.5) is 0 Å². The molecule has 1 rings (SSSR count). The summed E-state index contributed by atoms with van der Waals surface area (Å²) < 4.78 is 10.4. The van der Waals surface area contributed by atoms with Crippen molar-refractivity contribution in [2.75, 3.05) is 13.7 Å². The van der Waals surface area contributed by atoms with E-state index in [2.05, 4.69) is 6.92 Å². The van der Waals surface area contributed by atoms with E-state index >= 15 is 0 Å². The lowest BCUT2D eigenvalue weighted by molar-refractivity contribution is -0.171. The van der Waals surface area contributed by atoms with E-state index in [1.165, 1.54) is 7.11 Å². The maximum atomic E-state index is 11.7. The molecule has 0 spiro atoms. The number of ether oxygens (including phenoxy) is 2. The van der Waals surface area contributed by atoms with Gasteiger partial charge in [0.05, 0.1) is 24.7 Å². The normalized spacial score (nSPS) is 30.9. The molecule has 4 heteroatoms. The minimum Gasteiger partial charge on any atom is -0.469 e. The molecule has 4 nitrogen and oxygen atoms in total. The molecule has 100 valence electrons. The Labute approximate surface area is 103 Å². The van der Waals surface area contributed by atoms with Gasteiger partial charge in [0.15, 0.2) is 0 Å². The van der Waals surface area contributed by atoms with Crippen LogP contribution in [0.25, 0.3) is 0 Å². The minimum absolute atomic E-state index is 0.0671. The third-order valence-electron chi connectivity index (χ3n) is 3.62. The summed E-state index contributed by atoms with van der Waals surface area (Å²) in [4.78, 5) is 11.7. The number of hydrogen-bond acceptors (Lipinski definition) is 4. The van der Waals surface area contributed by atoms with Gasteiger partial charge < -0.3 is 14.6 Å². The Morgan fingerprint density at radius 1 is 1.59 bits per heavy atom. The third-order valence-corrected chi connectivity index (χ3v) is 3.62. The zero-order valence-corrected chi connectivity index (χ0v) is 11.1. The van der Waals surface area contributed by atoms with Crippen molar-refractivity contribution in [2.24, 2.45) is 5.92 Å². The largest absolute Gasteiger partial charge is 0.469 e. The van der Waals surface area contributed by atoms with Crippen molar-refractivity contribution in [1.82, 2.24) is 0 Å². The molecule has 3 unspecified atom stereocenters. The summed E-state index contributed by atoms with van der Waals surface area (Å²) in [6.45, 7) is 4.52. The molecule has 1 fully saturated rings. The summed E-state index contributed by atoms with van der Waals surface area (Å²) in [6.07, 6.45) is 3.67. The number of esters is 1. The van der Waals surface area contributed by atoms with E-state index in [-0.39, 0.29) is 12.1 Å². The summed E-state index contributed by atoms with van der Waals surface area (Å²) in [5, 5.41) is 10.6. The van der Waals surface area contributed by atoms with Crippen molar-refractivity contribution in [3.63, 3.8) is 0 Å². The molecule has 3 atom stereocenters. The summed E-state index contributed by atoms with van der Waals surface area (Å²) >= 11 is 0. The van der Waals surface area contributed by atoms with Crippen LogP contribution < -0.4 is 0 Å². The third kappa shape index (κ3) is 3.42. The van der Waals surface area contributed by atoms with Crippen molar-refractivity contribution in [3.05, 3.63) is 0 Å². The van der Waals surface area contributed by atoms with Gasteiger partial charge in [0, 0.05) is 19.4 Å². The number of hydrogen-bond donors (Lipinski definition) is 1. The zero-order chi connectivity index (χ0) is 12.9. The van der Waals surface area contributed by atoms with E-state index in [1.807, 2.05) is 6.92 Å². The Bertz CT molecular complexity index is 252. The van der Waals surface area contributed by atoms with Crippen LogP contribution in [-0.4, -0.2) is 36.5 Å². The van der Waals surface area contributed by atoms with Crippen molar-refractivity contribution < 1.29 is 19.4 Å². The predicted molar refractivity (Wildman–Crippen MR) is 64.6 cm³/mol. The summed E-state index contributed by atoms with van der Waals surface area (Å²) in [5.41, 5.74) is -0.958. The average molecular weight is 244 g/mol. The Morgan fingerprint density at radius 3 is 2.82 bits per heavy atom. The van der Waals surface area contributed by atoms with E-state index in [4.69, 9.17) is 9.47 Å². The molecule has 0 amide bonds. The Balaban J connectivity index is 2.73. The van der Waals surface area contributed by atoms with Crippen LogP contribution >= 0.6 is 0 Å². The number of carbonyl (C=O) groups excluding carboxylic acids is 1. The molecule has 1 aliphatic heterocycles. The predicted octanol–water partition coefficient (Wildman–Crippen LogP) is 1.90. The van der Waals surface area contributed by atoms with Crippen molar-refractivity contribution >= 4 is 5.97 Å². The summed E-state index contributed by atoms with van der Waals surface area (Å²) in [7, 11) is 1.37. The Hall–Kier alpha value is -0.610. The van der Waals surface area contributed by atoms with E-state index < -0.39 is 11.5 Å². The molecule has 0 aromatic heterocycles. The second-order valence-corrected chi connectivity index (χ2v) is 4.82. The van der Waals surface area contributed by atoms with Gasteiger partial charge in [-0.25, -0.2) is 0 Å². The van der Waals surface area contributed by atoms with Crippen molar-refractivity contribution in [1.29, 1.82) is 0 Å². The first-order valence-electron chi connectivity index (χ1n) is 6.49. The first-order valence-corrected chi connectivity index (χ1v) is 6.49. The van der Waals surface area contributed by atoms with Crippen molar-refractivity contribution in [2.45, 2.75) is 57.7 Å². The van der Waals surface area contributed by atoms with Gasteiger partial charge in [-0.15, -0.1) is 0 Å². The fourth-order valence-electron chi connectivity index (χ4n) is 2.69. The maximum absolute atomic E-state index is 11.7. The summed E-state index contributed by atoms with van der Waals surface area (Å²) in [5.74, 6) is -0.747. The second-order valence-electron chi connectivity index (χ2n) is 4.82. The fourth-order valence-corrected chi connectivity index (χ4v) is 2.69. The summed E-state index contributed by atoms with van der Waals surface area (Å²) in [6, 6.07) is 0. The highest BCUT2D eigenvalue weighted by Crippen LogP contribution is 2.35. The number of methoxy groups -OCH3 is 1. The molecule has 0 aliphatic carbocycles. The lowest BCUT2D eigenvalue weighted by Gasteiger charge is -2.40. The monoisotopic (exact) mass is 244 g/mol. The number of carbonyl (C=O) groups is 1. The van der Waals surface area contributed by atoms with Gasteiger partial charge in [-0.1, -0.05) is 20.3 Å². The zero-order valence-electron chi connectivity index (χ0n) is 11.1. The van der Waals surface area contributed by atoms with Gasteiger partial charge in [0.1, 0.15) is 0 Å². The SMILES string of the molecule is CCCC1CC(O)(C(CC)C(=O)OC)CCO1. The second kappa shape index (κ2) is 6.36. The molecule has 1 aliphatic rings. The van der Waals surface area contributed by atoms with Gasteiger partial charge in [-0.2, -0.15) is 0 Å². The first-order chi connectivity index (χ1) is 8.07. The van der Waals surface area contributed by atoms with Crippen LogP contribution in [0.2, 0.25) is 0 Å². The highest BCUT2D eigenvalue weighted by atomic mass is 16.5. The maximum Gasteiger partial charge on any atom is 0.311 e. The van der Waals surface area contributed by atoms with Crippen LogP contribution in [0, 0.1) is 5.92 Å². The molecule has 0 aromatic carbocycles. The van der Waals surface area contributed by atoms with Crippen LogP contribution in [0.1, 0.15) is 46.0 Å². The van der Waals surface area contributed by atoms with Crippen molar-refractivity contribution in [3.8, 4) is 0 Å². The van der Waals surface area contributed by atoms with Crippen LogP contribution in [0.3, 0.4) is 0 Å². The molecule has 0 bridgehead atoms. The quantitative estimate of drug-likeness (QED) is 0.750. The van der Waals surface area contributed by atoms with Crippen LogP contribution in [-0.2, 0) is 14.3 Å². The van der Waals surface area contributed by atoms with Gasteiger partial charge in [-0.05, 0) is 12.8 Å². The standard InChI is InChI=1S/C13H24O4/c1-4-6-10-9-13(15,7-8-17-10)11(5-2)12(14)16-3/h10-11,15H,4-9H2,1-3H3. The first kappa shape index (κ1) is 14.5. The minimum atomic E-state index is -0.958. The van der Waals surface area contributed by atoms with Gasteiger partial charge in [-0.3, -0.25) is 4.79 Å². The van der Waals surface area contributed by atoms with E-state index in [0.717, 1.165) is 12.8 Å². The van der Waals surface area contributed by atoms with Crippen LogP contribution in [0.5, 0.6) is 0 Å². The molecule has 17 heavy (non-hydrogen) atoms. The van der Waals surface area contributed by atoms with Gasteiger partial charge in [0.2, 0.25) is 0 Å². The highest BCUT2D eigenvalue weighted by Gasteiger charge is 2.44. The van der Waals surface area contributed by atoms with Gasteiger partial charge >= 0.3 is 5.97 Å². The molecule has 0 saturated carbocycles. The molecule has 1 saturated heterocycles. The van der Waals surface area contributed by atoms with E-state index in [9.17, 15) is 9.90 Å². The molecule has 0 aromatic rings.